The molecule has 2 aromatic carbocycles. The van der Waals surface area contributed by atoms with Gasteiger partial charge in [-0.2, -0.15) is 0 Å². The predicted octanol–water partition coefficient (Wildman–Crippen LogP) is 4.26. The molecule has 0 spiro atoms. The second kappa shape index (κ2) is 5.02. The lowest BCUT2D eigenvalue weighted by molar-refractivity contribution is 0.414. The number of aromatic amines is 1. The number of fused-ring (bicyclic) bond motifs is 2. The van der Waals surface area contributed by atoms with Gasteiger partial charge in [-0.3, -0.25) is 0 Å². The molecule has 0 aliphatic rings. The van der Waals surface area contributed by atoms with Gasteiger partial charge in [0.1, 0.15) is 11.3 Å². The van der Waals surface area contributed by atoms with Gasteiger partial charge in [-0.15, -0.1) is 0 Å². The summed E-state index contributed by atoms with van der Waals surface area (Å²) in [6.45, 7) is 2.03. The van der Waals surface area contributed by atoms with Crippen molar-refractivity contribution in [2.75, 3.05) is 7.11 Å². The van der Waals surface area contributed by atoms with Gasteiger partial charge in [0.05, 0.1) is 7.11 Å². The van der Waals surface area contributed by atoms with Crippen LogP contribution in [0.4, 0.5) is 0 Å². The van der Waals surface area contributed by atoms with Crippen LogP contribution in [0.25, 0.3) is 33.0 Å². The third kappa shape index (κ3) is 2.28. The van der Waals surface area contributed by atoms with Crippen molar-refractivity contribution in [2.24, 2.45) is 0 Å². The lowest BCUT2D eigenvalue weighted by atomic mass is 10.0. The fourth-order valence-electron chi connectivity index (χ4n) is 2.95. The normalized spacial score (nSPS) is 11.2. The Morgan fingerprint density at radius 2 is 1.91 bits per heavy atom. The average Bonchev–Trinajstić information content (AvgIpc) is 2.92. The zero-order valence-corrected chi connectivity index (χ0v) is 12.8. The Morgan fingerprint density at radius 3 is 2.74 bits per heavy atom. The average molecular weight is 305 g/mol. The van der Waals surface area contributed by atoms with E-state index in [1.165, 1.54) is 6.07 Å². The Bertz CT molecular complexity index is 1090. The lowest BCUT2D eigenvalue weighted by Crippen LogP contribution is -1.98. The Kier molecular flexibility index (Phi) is 2.98. The van der Waals surface area contributed by atoms with Crippen LogP contribution in [-0.2, 0) is 0 Å². The summed E-state index contributed by atoms with van der Waals surface area (Å²) in [7, 11) is 1.59. The van der Waals surface area contributed by atoms with Crippen molar-refractivity contribution in [1.82, 2.24) is 4.98 Å². The summed E-state index contributed by atoms with van der Waals surface area (Å²) in [6.07, 6.45) is 0. The number of rotatable bonds is 2. The van der Waals surface area contributed by atoms with E-state index in [-0.39, 0.29) is 5.63 Å². The van der Waals surface area contributed by atoms with Crippen molar-refractivity contribution in [3.05, 3.63) is 64.6 Å². The van der Waals surface area contributed by atoms with Gasteiger partial charge in [0, 0.05) is 34.1 Å². The monoisotopic (exact) mass is 305 g/mol. The van der Waals surface area contributed by atoms with E-state index in [1.54, 1.807) is 13.2 Å². The molecular formula is C19H15NO3. The quantitative estimate of drug-likeness (QED) is 0.563. The highest BCUT2D eigenvalue weighted by Crippen LogP contribution is 2.31. The molecule has 0 radical (unpaired) electrons. The van der Waals surface area contributed by atoms with Gasteiger partial charge in [0.15, 0.2) is 0 Å². The highest BCUT2D eigenvalue weighted by atomic mass is 16.5. The molecule has 1 N–H and O–H groups in total. The molecule has 23 heavy (non-hydrogen) atoms. The largest absolute Gasteiger partial charge is 0.497 e. The minimum Gasteiger partial charge on any atom is -0.497 e. The number of hydrogen-bond acceptors (Lipinski definition) is 3. The molecule has 0 unspecified atom stereocenters. The number of aryl methyl sites for hydroxylation is 1. The molecule has 4 heteroatoms. The molecule has 0 saturated heterocycles. The van der Waals surface area contributed by atoms with E-state index >= 15 is 0 Å². The van der Waals surface area contributed by atoms with Crippen LogP contribution in [-0.4, -0.2) is 12.1 Å². The van der Waals surface area contributed by atoms with Gasteiger partial charge in [-0.25, -0.2) is 4.79 Å². The highest BCUT2D eigenvalue weighted by molar-refractivity contribution is 5.96. The van der Waals surface area contributed by atoms with Crippen molar-refractivity contribution < 1.29 is 9.15 Å². The fraction of sp³-hybridized carbons (Fsp3) is 0.105. The number of aromatic nitrogens is 1. The molecule has 0 atom stereocenters. The lowest BCUT2D eigenvalue weighted by Gasteiger charge is -2.07. The molecule has 0 bridgehead atoms. The third-order valence-electron chi connectivity index (χ3n) is 4.02. The number of nitrogens with one attached hydrogen (secondary N) is 1. The molecule has 0 amide bonds. The molecule has 4 rings (SSSR count). The summed E-state index contributed by atoms with van der Waals surface area (Å²) in [4.78, 5) is 15.2. The summed E-state index contributed by atoms with van der Waals surface area (Å²) in [6, 6.07) is 15.3. The summed E-state index contributed by atoms with van der Waals surface area (Å²) in [5.41, 5.74) is 4.20. The summed E-state index contributed by atoms with van der Waals surface area (Å²) >= 11 is 0. The minimum absolute atomic E-state index is 0.369. The molecule has 0 aliphatic heterocycles. The van der Waals surface area contributed by atoms with E-state index in [2.05, 4.69) is 17.1 Å². The first-order chi connectivity index (χ1) is 11.1. The first-order valence-corrected chi connectivity index (χ1v) is 7.36. The maximum Gasteiger partial charge on any atom is 0.336 e. The van der Waals surface area contributed by atoms with E-state index in [9.17, 15) is 4.79 Å². The molecule has 2 aromatic heterocycles. The predicted molar refractivity (Wildman–Crippen MR) is 91.1 cm³/mol. The van der Waals surface area contributed by atoms with Crippen LogP contribution in [0.2, 0.25) is 0 Å². The first kappa shape index (κ1) is 13.6. The zero-order valence-electron chi connectivity index (χ0n) is 12.8. The van der Waals surface area contributed by atoms with E-state index in [4.69, 9.17) is 9.15 Å². The van der Waals surface area contributed by atoms with Crippen LogP contribution in [0.3, 0.4) is 0 Å². The Balaban J connectivity index is 2.00. The molecule has 4 nitrogen and oxygen atoms in total. The number of hydrogen-bond donors (Lipinski definition) is 1. The molecule has 4 aromatic rings. The van der Waals surface area contributed by atoms with Crippen LogP contribution >= 0.6 is 0 Å². The number of benzene rings is 2. The number of ether oxygens (including phenoxy) is 1. The Morgan fingerprint density at radius 1 is 1.04 bits per heavy atom. The topological polar surface area (TPSA) is 55.2 Å². The van der Waals surface area contributed by atoms with Crippen molar-refractivity contribution >= 4 is 21.9 Å². The molecule has 114 valence electrons. The van der Waals surface area contributed by atoms with Gasteiger partial charge < -0.3 is 14.1 Å². The SMILES string of the molecule is COc1ccc2c(-c3ccc4[nH]c(C)cc4c3)cc(=O)oc2c1. The van der Waals surface area contributed by atoms with Crippen LogP contribution in [0.1, 0.15) is 5.69 Å². The summed E-state index contributed by atoms with van der Waals surface area (Å²) < 4.78 is 10.5. The van der Waals surface area contributed by atoms with E-state index in [1.807, 2.05) is 31.2 Å². The molecule has 0 aliphatic carbocycles. The maximum absolute atomic E-state index is 11.9. The van der Waals surface area contributed by atoms with E-state index in [0.717, 1.165) is 33.1 Å². The minimum atomic E-state index is -0.369. The van der Waals surface area contributed by atoms with E-state index < -0.39 is 0 Å². The Labute approximate surface area is 132 Å². The van der Waals surface area contributed by atoms with Gasteiger partial charge in [-0.05, 0) is 48.4 Å². The zero-order chi connectivity index (χ0) is 16.0. The third-order valence-corrected chi connectivity index (χ3v) is 4.02. The number of H-pyrrole nitrogens is 1. The second-order valence-corrected chi connectivity index (χ2v) is 5.60. The molecule has 0 saturated carbocycles. The number of methoxy groups -OCH3 is 1. The van der Waals surface area contributed by atoms with Crippen LogP contribution < -0.4 is 10.4 Å². The molecule has 0 fully saturated rings. The van der Waals surface area contributed by atoms with Crippen LogP contribution in [0, 0.1) is 6.92 Å². The maximum atomic E-state index is 11.9. The van der Waals surface area contributed by atoms with Crippen molar-refractivity contribution in [3.8, 4) is 16.9 Å². The van der Waals surface area contributed by atoms with E-state index in [0.29, 0.717) is 11.3 Å². The Hall–Kier alpha value is -3.01. The van der Waals surface area contributed by atoms with Gasteiger partial charge in [-0.1, -0.05) is 6.07 Å². The van der Waals surface area contributed by atoms with Gasteiger partial charge >= 0.3 is 5.63 Å². The van der Waals surface area contributed by atoms with Crippen LogP contribution in [0.15, 0.2) is 57.7 Å². The van der Waals surface area contributed by atoms with Gasteiger partial charge in [0.2, 0.25) is 0 Å². The highest BCUT2D eigenvalue weighted by Gasteiger charge is 2.10. The standard InChI is InChI=1S/C19H15NO3/c1-11-7-13-8-12(3-6-17(13)20-11)16-10-19(21)23-18-9-14(22-2)4-5-15(16)18/h3-10,20H,1-2H3. The van der Waals surface area contributed by atoms with Crippen molar-refractivity contribution in [2.45, 2.75) is 6.92 Å². The first-order valence-electron chi connectivity index (χ1n) is 7.36. The summed E-state index contributed by atoms with van der Waals surface area (Å²) in [5.74, 6) is 0.662. The van der Waals surface area contributed by atoms with Crippen LogP contribution in [0.5, 0.6) is 5.75 Å². The second-order valence-electron chi connectivity index (χ2n) is 5.60. The molecule has 2 heterocycles. The van der Waals surface area contributed by atoms with Crippen molar-refractivity contribution in [1.29, 1.82) is 0 Å². The van der Waals surface area contributed by atoms with Crippen molar-refractivity contribution in [3.63, 3.8) is 0 Å². The molecular weight excluding hydrogens is 290 g/mol. The smallest absolute Gasteiger partial charge is 0.336 e. The fourth-order valence-corrected chi connectivity index (χ4v) is 2.95. The summed E-state index contributed by atoms with van der Waals surface area (Å²) in [5, 5.41) is 2.01. The van der Waals surface area contributed by atoms with Gasteiger partial charge in [0.25, 0.3) is 0 Å².